The minimum absolute atomic E-state index is 0.569. The van der Waals surface area contributed by atoms with E-state index in [9.17, 15) is 4.79 Å². The smallest absolute Gasteiger partial charge is 0.330 e. The van der Waals surface area contributed by atoms with Crippen LogP contribution in [-0.4, -0.2) is 11.0 Å². The quantitative estimate of drug-likeness (QED) is 0.497. The molecular weight excluding hydrogens is 311 g/mol. The second-order valence-electron chi connectivity index (χ2n) is 4.42. The highest BCUT2D eigenvalue weighted by molar-refractivity contribution is 6.32. The molecule has 106 valence electrons. The number of pyridine rings is 1. The molecule has 0 radical (unpaired) electrons. The second-order valence-corrected chi connectivity index (χ2v) is 5.30. The monoisotopic (exact) mass is 320 g/mol. The van der Waals surface area contributed by atoms with Crippen LogP contribution >= 0.6 is 23.2 Å². The van der Waals surface area contributed by atoms with E-state index in [0.29, 0.717) is 21.2 Å². The van der Waals surface area contributed by atoms with Gasteiger partial charge in [0.2, 0.25) is 0 Å². The van der Waals surface area contributed by atoms with Gasteiger partial charge in [0, 0.05) is 20.8 Å². The molecule has 2 aromatic carbocycles. The zero-order valence-electron chi connectivity index (χ0n) is 10.7. The Morgan fingerprint density at radius 1 is 1.00 bits per heavy atom. The lowest BCUT2D eigenvalue weighted by Crippen LogP contribution is -2.34. The fourth-order valence-electron chi connectivity index (χ4n) is 2.15. The third-order valence-corrected chi connectivity index (χ3v) is 3.48. The molecule has 0 aliphatic heterocycles. The lowest BCUT2D eigenvalue weighted by atomic mass is 10.1. The van der Waals surface area contributed by atoms with E-state index in [-0.39, 0.29) is 0 Å². The zero-order valence-corrected chi connectivity index (χ0v) is 12.2. The maximum atomic E-state index is 11.0. The molecule has 1 aromatic heterocycles. The number of fused-ring (bicyclic) bond motifs is 2. The number of nitrogens with two attached hydrogens (primary N) is 1. The van der Waals surface area contributed by atoms with Crippen LogP contribution in [0.1, 0.15) is 0 Å². The highest BCUT2D eigenvalue weighted by Crippen LogP contribution is 2.33. The molecule has 0 atom stereocenters. The number of benzene rings is 2. The van der Waals surface area contributed by atoms with Crippen molar-refractivity contribution >= 4 is 56.7 Å². The van der Waals surface area contributed by atoms with Gasteiger partial charge in [0.25, 0.3) is 0 Å². The molecule has 0 fully saturated rings. The number of hydrogen-bond donors (Lipinski definition) is 3. The number of nitrogens with zero attached hydrogens (tertiary/aromatic N) is 1. The minimum Gasteiger partial charge on any atom is -0.350 e. The largest absolute Gasteiger partial charge is 0.350 e. The summed E-state index contributed by atoms with van der Waals surface area (Å²) in [6.07, 6.45) is 0. The summed E-state index contributed by atoms with van der Waals surface area (Å²) >= 11 is 12.0. The van der Waals surface area contributed by atoms with Crippen LogP contribution in [0.4, 0.5) is 10.5 Å². The van der Waals surface area contributed by atoms with Crippen molar-refractivity contribution in [2.45, 2.75) is 0 Å². The first-order chi connectivity index (χ1) is 10.0. The van der Waals surface area contributed by atoms with E-state index in [4.69, 9.17) is 28.9 Å². The van der Waals surface area contributed by atoms with Gasteiger partial charge in [-0.2, -0.15) is 0 Å². The predicted molar refractivity (Wildman–Crippen MR) is 85.6 cm³/mol. The molecule has 0 saturated heterocycles. The molecule has 5 nitrogen and oxygen atoms in total. The van der Waals surface area contributed by atoms with Crippen LogP contribution in [0, 0.1) is 0 Å². The molecule has 0 spiro atoms. The first-order valence-electron chi connectivity index (χ1n) is 6.04. The van der Waals surface area contributed by atoms with Crippen molar-refractivity contribution in [3.05, 3.63) is 46.4 Å². The molecule has 0 saturated carbocycles. The topological polar surface area (TPSA) is 80.0 Å². The number of anilines is 1. The Bertz CT molecular complexity index is 866. The first-order valence-corrected chi connectivity index (χ1v) is 6.80. The van der Waals surface area contributed by atoms with E-state index >= 15 is 0 Å². The van der Waals surface area contributed by atoms with Crippen molar-refractivity contribution in [3.8, 4) is 0 Å². The number of carbonyl (C=O) groups excluding carboxylic acids is 1. The normalized spacial score (nSPS) is 10.8. The maximum absolute atomic E-state index is 11.0. The van der Waals surface area contributed by atoms with Crippen LogP contribution in [0.3, 0.4) is 0 Å². The summed E-state index contributed by atoms with van der Waals surface area (Å²) in [6, 6.07) is 9.94. The van der Waals surface area contributed by atoms with Gasteiger partial charge < -0.3 is 5.73 Å². The molecule has 4 N–H and O–H groups in total. The van der Waals surface area contributed by atoms with Crippen molar-refractivity contribution in [2.24, 2.45) is 5.73 Å². The second kappa shape index (κ2) is 5.27. The molecule has 21 heavy (non-hydrogen) atoms. The third-order valence-electron chi connectivity index (χ3n) is 3.01. The standard InChI is InChI=1S/C14H10Cl2N4O/c15-7-2-4-11-10(5-7)13(19-20-14(17)21)9-3-1-8(16)6-12(9)18-11/h1-6H,(H,18,19)(H3,17,20,21). The lowest BCUT2D eigenvalue weighted by Gasteiger charge is -2.13. The molecule has 0 aliphatic rings. The van der Waals surface area contributed by atoms with Crippen molar-refractivity contribution in [1.82, 2.24) is 10.4 Å². The van der Waals surface area contributed by atoms with Gasteiger partial charge in [-0.15, -0.1) is 0 Å². The number of carbonyl (C=O) groups is 1. The number of nitrogens with one attached hydrogen (secondary N) is 2. The number of aromatic nitrogens is 1. The summed E-state index contributed by atoms with van der Waals surface area (Å²) in [5.74, 6) is 0. The first kappa shape index (κ1) is 13.7. The van der Waals surface area contributed by atoms with Gasteiger partial charge in [0.1, 0.15) is 0 Å². The van der Waals surface area contributed by atoms with Crippen molar-refractivity contribution in [2.75, 3.05) is 5.43 Å². The number of amides is 2. The number of rotatable bonds is 2. The maximum Gasteiger partial charge on any atom is 0.330 e. The molecule has 3 rings (SSSR count). The molecule has 0 aliphatic carbocycles. The SMILES string of the molecule is NC(=O)NNc1c2ccc(Cl)cc2nc2ccc(Cl)cc12. The van der Waals surface area contributed by atoms with E-state index < -0.39 is 6.03 Å². The highest BCUT2D eigenvalue weighted by atomic mass is 35.5. The van der Waals surface area contributed by atoms with Gasteiger partial charge in [0.15, 0.2) is 0 Å². The van der Waals surface area contributed by atoms with Crippen LogP contribution in [0.15, 0.2) is 36.4 Å². The summed E-state index contributed by atoms with van der Waals surface area (Å²) in [6.45, 7) is 0. The average Bonchev–Trinajstić information content (AvgIpc) is 2.43. The van der Waals surface area contributed by atoms with Gasteiger partial charge in [-0.05, 0) is 36.4 Å². The Labute approximate surface area is 130 Å². The van der Waals surface area contributed by atoms with Crippen molar-refractivity contribution < 1.29 is 4.79 Å². The summed E-state index contributed by atoms with van der Waals surface area (Å²) in [4.78, 5) is 15.5. The summed E-state index contributed by atoms with van der Waals surface area (Å²) in [5.41, 5.74) is 12.4. The van der Waals surface area contributed by atoms with Gasteiger partial charge in [-0.25, -0.2) is 9.78 Å². The van der Waals surface area contributed by atoms with Gasteiger partial charge in [-0.3, -0.25) is 10.9 Å². The number of hydrazine groups is 1. The van der Waals surface area contributed by atoms with Crippen molar-refractivity contribution in [1.29, 1.82) is 0 Å². The lowest BCUT2D eigenvalue weighted by molar-refractivity contribution is 0.251. The van der Waals surface area contributed by atoms with Crippen LogP contribution in [0.25, 0.3) is 21.8 Å². The summed E-state index contributed by atoms with van der Waals surface area (Å²) in [7, 11) is 0. The Morgan fingerprint density at radius 3 is 2.48 bits per heavy atom. The van der Waals surface area contributed by atoms with E-state index in [1.54, 1.807) is 30.3 Å². The fourth-order valence-corrected chi connectivity index (χ4v) is 2.49. The predicted octanol–water partition coefficient (Wildman–Crippen LogP) is 3.69. The number of primary amides is 1. The Balaban J connectivity index is 2.33. The Morgan fingerprint density at radius 2 is 1.71 bits per heavy atom. The van der Waals surface area contributed by atoms with Gasteiger partial charge >= 0.3 is 6.03 Å². The van der Waals surface area contributed by atoms with E-state index in [1.165, 1.54) is 0 Å². The summed E-state index contributed by atoms with van der Waals surface area (Å²) < 4.78 is 0. The molecule has 1 heterocycles. The fraction of sp³-hybridized carbons (Fsp3) is 0. The molecule has 0 unspecified atom stereocenters. The van der Waals surface area contributed by atoms with Crippen molar-refractivity contribution in [3.63, 3.8) is 0 Å². The molecular formula is C14H10Cl2N4O. The van der Waals surface area contributed by atoms with E-state index in [0.717, 1.165) is 16.3 Å². The van der Waals surface area contributed by atoms with E-state index in [1.807, 2.05) is 6.07 Å². The van der Waals surface area contributed by atoms with E-state index in [2.05, 4.69) is 15.8 Å². The highest BCUT2D eigenvalue weighted by Gasteiger charge is 2.10. The van der Waals surface area contributed by atoms with Crippen LogP contribution in [0.2, 0.25) is 10.0 Å². The number of urea groups is 1. The number of halogens is 2. The molecule has 3 aromatic rings. The molecule has 7 heteroatoms. The molecule has 2 amide bonds. The minimum atomic E-state index is -0.691. The number of hydrogen-bond acceptors (Lipinski definition) is 3. The Kier molecular flexibility index (Phi) is 3.45. The van der Waals surface area contributed by atoms with Gasteiger partial charge in [-0.1, -0.05) is 23.2 Å². The Hall–Kier alpha value is -2.24. The van der Waals surface area contributed by atoms with Crippen LogP contribution in [-0.2, 0) is 0 Å². The van der Waals surface area contributed by atoms with Crippen LogP contribution < -0.4 is 16.6 Å². The third kappa shape index (κ3) is 2.66. The summed E-state index contributed by atoms with van der Waals surface area (Å²) in [5, 5.41) is 2.71. The average molecular weight is 321 g/mol. The van der Waals surface area contributed by atoms with Gasteiger partial charge in [0.05, 0.1) is 16.7 Å². The zero-order chi connectivity index (χ0) is 15.0. The molecule has 0 bridgehead atoms. The van der Waals surface area contributed by atoms with Crippen LogP contribution in [0.5, 0.6) is 0 Å².